The van der Waals surface area contributed by atoms with E-state index in [1.165, 1.54) is 6.07 Å². The summed E-state index contributed by atoms with van der Waals surface area (Å²) in [6.07, 6.45) is -8.22. The van der Waals surface area contributed by atoms with Gasteiger partial charge in [0.25, 0.3) is 6.43 Å². The zero-order chi connectivity index (χ0) is 13.9. The number of nitrogen functional groups attached to an aromatic ring is 1. The van der Waals surface area contributed by atoms with Crippen LogP contribution in [0.15, 0.2) is 6.20 Å². The molecule has 0 aliphatic heterocycles. The van der Waals surface area contributed by atoms with E-state index in [0.29, 0.717) is 0 Å². The SMILES string of the molecule is N#CCc1cnc(N)c(C(F)F)c1OC(F)(F)F. The Morgan fingerprint density at radius 2 is 2.06 bits per heavy atom. The first-order chi connectivity index (χ1) is 8.26. The highest BCUT2D eigenvalue weighted by Gasteiger charge is 2.35. The second-order valence-electron chi connectivity index (χ2n) is 3.09. The largest absolute Gasteiger partial charge is 0.573 e. The highest BCUT2D eigenvalue weighted by molar-refractivity contribution is 5.53. The molecule has 0 spiro atoms. The fraction of sp³-hybridized carbons (Fsp3) is 0.333. The van der Waals surface area contributed by atoms with Crippen LogP contribution in [-0.4, -0.2) is 11.3 Å². The van der Waals surface area contributed by atoms with Gasteiger partial charge in [-0.1, -0.05) is 0 Å². The van der Waals surface area contributed by atoms with Crippen molar-refractivity contribution >= 4 is 5.82 Å². The summed E-state index contributed by atoms with van der Waals surface area (Å²) in [6.45, 7) is 0. The van der Waals surface area contributed by atoms with E-state index >= 15 is 0 Å². The first-order valence-corrected chi connectivity index (χ1v) is 4.44. The van der Waals surface area contributed by atoms with E-state index < -0.39 is 41.9 Å². The molecule has 1 aromatic rings. The monoisotopic (exact) mass is 267 g/mol. The maximum absolute atomic E-state index is 12.6. The molecule has 0 amide bonds. The van der Waals surface area contributed by atoms with E-state index in [1.54, 1.807) is 0 Å². The summed E-state index contributed by atoms with van der Waals surface area (Å²) in [5.74, 6) is -1.93. The Kier molecular flexibility index (Phi) is 3.90. The van der Waals surface area contributed by atoms with Gasteiger partial charge >= 0.3 is 6.36 Å². The van der Waals surface area contributed by atoms with Crippen LogP contribution < -0.4 is 10.5 Å². The molecule has 0 saturated heterocycles. The van der Waals surface area contributed by atoms with Crippen LogP contribution in [-0.2, 0) is 6.42 Å². The molecule has 0 radical (unpaired) electrons. The maximum atomic E-state index is 12.6. The summed E-state index contributed by atoms with van der Waals surface area (Å²) in [4.78, 5) is 3.31. The van der Waals surface area contributed by atoms with Gasteiger partial charge in [-0.25, -0.2) is 13.8 Å². The fourth-order valence-corrected chi connectivity index (χ4v) is 1.22. The van der Waals surface area contributed by atoms with Crippen molar-refractivity contribution in [3.63, 3.8) is 0 Å². The molecular formula is C9H6F5N3O. The van der Waals surface area contributed by atoms with Gasteiger partial charge in [0.15, 0.2) is 0 Å². The molecule has 0 saturated carbocycles. The Morgan fingerprint density at radius 3 is 2.50 bits per heavy atom. The smallest absolute Gasteiger partial charge is 0.405 e. The van der Waals surface area contributed by atoms with Gasteiger partial charge in [-0.05, 0) is 0 Å². The summed E-state index contributed by atoms with van der Waals surface area (Å²) in [5.41, 5.74) is 3.51. The molecule has 1 aromatic heterocycles. The van der Waals surface area contributed by atoms with Crippen molar-refractivity contribution in [1.82, 2.24) is 4.98 Å². The van der Waals surface area contributed by atoms with Crippen LogP contribution in [0.3, 0.4) is 0 Å². The molecule has 1 rings (SSSR count). The minimum atomic E-state index is -5.17. The molecule has 18 heavy (non-hydrogen) atoms. The Labute approximate surface area is 97.8 Å². The van der Waals surface area contributed by atoms with E-state index in [4.69, 9.17) is 11.0 Å². The van der Waals surface area contributed by atoms with Gasteiger partial charge in [0.05, 0.1) is 12.5 Å². The average Bonchev–Trinajstić information content (AvgIpc) is 2.19. The molecule has 0 aliphatic rings. The molecule has 0 unspecified atom stereocenters. The molecular weight excluding hydrogens is 261 g/mol. The quantitative estimate of drug-likeness (QED) is 0.854. The van der Waals surface area contributed by atoms with E-state index in [2.05, 4.69) is 9.72 Å². The van der Waals surface area contributed by atoms with Crippen LogP contribution in [0, 0.1) is 11.3 Å². The van der Waals surface area contributed by atoms with Gasteiger partial charge < -0.3 is 10.5 Å². The maximum Gasteiger partial charge on any atom is 0.573 e. The van der Waals surface area contributed by atoms with Crippen molar-refractivity contribution in [2.45, 2.75) is 19.2 Å². The van der Waals surface area contributed by atoms with Crippen molar-refractivity contribution in [3.05, 3.63) is 17.3 Å². The van der Waals surface area contributed by atoms with Crippen molar-refractivity contribution < 1.29 is 26.7 Å². The second-order valence-corrected chi connectivity index (χ2v) is 3.09. The van der Waals surface area contributed by atoms with Gasteiger partial charge in [0, 0.05) is 11.8 Å². The molecule has 2 N–H and O–H groups in total. The molecule has 98 valence electrons. The van der Waals surface area contributed by atoms with Crippen LogP contribution in [0.2, 0.25) is 0 Å². The lowest BCUT2D eigenvalue weighted by molar-refractivity contribution is -0.275. The number of rotatable bonds is 3. The molecule has 0 aromatic carbocycles. The van der Waals surface area contributed by atoms with Crippen LogP contribution in [0.5, 0.6) is 5.75 Å². The van der Waals surface area contributed by atoms with Crippen LogP contribution >= 0.6 is 0 Å². The molecule has 0 atom stereocenters. The first kappa shape index (κ1) is 14.0. The number of ether oxygens (including phenoxy) is 1. The van der Waals surface area contributed by atoms with Gasteiger partial charge in [-0.2, -0.15) is 5.26 Å². The van der Waals surface area contributed by atoms with Crippen molar-refractivity contribution in [2.24, 2.45) is 0 Å². The van der Waals surface area contributed by atoms with Crippen LogP contribution in [0.25, 0.3) is 0 Å². The number of alkyl halides is 5. The lowest BCUT2D eigenvalue weighted by Gasteiger charge is -2.16. The highest BCUT2D eigenvalue weighted by atomic mass is 19.4. The van der Waals surface area contributed by atoms with E-state index in [0.717, 1.165) is 6.20 Å². The number of hydrogen-bond acceptors (Lipinski definition) is 4. The zero-order valence-corrected chi connectivity index (χ0v) is 8.63. The van der Waals surface area contributed by atoms with Crippen LogP contribution in [0.4, 0.5) is 27.8 Å². The summed E-state index contributed by atoms with van der Waals surface area (Å²) in [5, 5.41) is 8.41. The number of nitrogens with two attached hydrogens (primary N) is 1. The summed E-state index contributed by atoms with van der Waals surface area (Å²) >= 11 is 0. The number of hydrogen-bond donors (Lipinski definition) is 1. The van der Waals surface area contributed by atoms with Crippen molar-refractivity contribution in [3.8, 4) is 11.8 Å². The Hall–Kier alpha value is -2.11. The second kappa shape index (κ2) is 5.03. The van der Waals surface area contributed by atoms with E-state index in [9.17, 15) is 22.0 Å². The molecule has 4 nitrogen and oxygen atoms in total. The standard InChI is InChI=1S/C9H6F5N3O/c10-7(11)5-6(18-9(12,13)14)4(1-2-15)3-17-8(5)16/h3,7H,1H2,(H2,16,17). The van der Waals surface area contributed by atoms with E-state index in [1.807, 2.05) is 0 Å². The third-order valence-electron chi connectivity index (χ3n) is 1.88. The third kappa shape index (κ3) is 3.19. The highest BCUT2D eigenvalue weighted by Crippen LogP contribution is 2.38. The van der Waals surface area contributed by atoms with Crippen LogP contribution in [0.1, 0.15) is 17.6 Å². The number of nitrogens with zero attached hydrogens (tertiary/aromatic N) is 2. The van der Waals surface area contributed by atoms with Gasteiger partial charge in [0.1, 0.15) is 17.1 Å². The number of nitriles is 1. The molecule has 1 heterocycles. The molecule has 0 aliphatic carbocycles. The molecule has 0 fully saturated rings. The topological polar surface area (TPSA) is 71.9 Å². The number of aromatic nitrogens is 1. The van der Waals surface area contributed by atoms with Crippen molar-refractivity contribution in [1.29, 1.82) is 5.26 Å². The minimum Gasteiger partial charge on any atom is -0.405 e. The van der Waals surface area contributed by atoms with Gasteiger partial charge in [-0.3, -0.25) is 0 Å². The van der Waals surface area contributed by atoms with E-state index in [-0.39, 0.29) is 0 Å². The summed E-state index contributed by atoms with van der Waals surface area (Å²) in [7, 11) is 0. The molecule has 0 bridgehead atoms. The minimum absolute atomic E-state index is 0.403. The van der Waals surface area contributed by atoms with Crippen molar-refractivity contribution in [2.75, 3.05) is 5.73 Å². The lowest BCUT2D eigenvalue weighted by atomic mass is 10.1. The predicted molar refractivity (Wildman–Crippen MR) is 49.6 cm³/mol. The summed E-state index contributed by atoms with van der Waals surface area (Å²) < 4.78 is 65.2. The van der Waals surface area contributed by atoms with Gasteiger partial charge in [0.2, 0.25) is 0 Å². The normalized spacial score (nSPS) is 11.4. The lowest BCUT2D eigenvalue weighted by Crippen LogP contribution is -2.20. The fourth-order valence-electron chi connectivity index (χ4n) is 1.22. The number of halogens is 5. The number of anilines is 1. The Balaban J connectivity index is 3.39. The van der Waals surface area contributed by atoms with Gasteiger partial charge in [-0.15, -0.1) is 13.2 Å². The average molecular weight is 267 g/mol. The predicted octanol–water partition coefficient (Wildman–Crippen LogP) is 2.57. The zero-order valence-electron chi connectivity index (χ0n) is 8.63. The first-order valence-electron chi connectivity index (χ1n) is 4.44. The Bertz CT molecular complexity index is 480. The number of pyridine rings is 1. The molecule has 9 heteroatoms. The summed E-state index contributed by atoms with van der Waals surface area (Å²) in [6, 6.07) is 1.52. The third-order valence-corrected chi connectivity index (χ3v) is 1.88. The Morgan fingerprint density at radius 1 is 1.44 bits per heavy atom.